The van der Waals surface area contributed by atoms with E-state index in [9.17, 15) is 13.2 Å². The molecule has 4 aromatic rings. The van der Waals surface area contributed by atoms with Gasteiger partial charge in [-0.05, 0) is 55.2 Å². The maximum absolute atomic E-state index is 14.0. The zero-order valence-corrected chi connectivity index (χ0v) is 21.1. The highest BCUT2D eigenvalue weighted by Gasteiger charge is 2.50. The standard InChI is InChI=1S/C30H27NO4S/c1-20-8-11-24(12-9-20)36(33,34)31-26-16-21(2)10-13-25(26)28-23-14-15-30(17-23,18-27(28)31)29(32)35-19-22-6-4-3-5-7-22/h3-16,23H,17-19H2,1-2H3/t23-,30-/m1/s1. The molecule has 0 unspecified atom stereocenters. The highest BCUT2D eigenvalue weighted by molar-refractivity contribution is 7.90. The molecule has 182 valence electrons. The second-order valence-corrected chi connectivity index (χ2v) is 11.8. The van der Waals surface area contributed by atoms with Gasteiger partial charge >= 0.3 is 5.97 Å². The fourth-order valence-corrected chi connectivity index (χ4v) is 7.22. The lowest BCUT2D eigenvalue weighted by molar-refractivity contribution is -0.154. The molecule has 0 N–H and O–H groups in total. The Morgan fingerprint density at radius 1 is 1.00 bits per heavy atom. The zero-order valence-electron chi connectivity index (χ0n) is 20.3. The number of carbonyl (C=O) groups excluding carboxylic acids is 1. The van der Waals surface area contributed by atoms with E-state index in [-0.39, 0.29) is 29.8 Å². The molecule has 0 radical (unpaired) electrons. The van der Waals surface area contributed by atoms with Crippen LogP contribution in [0.5, 0.6) is 0 Å². The Morgan fingerprint density at radius 3 is 2.47 bits per heavy atom. The highest BCUT2D eigenvalue weighted by Crippen LogP contribution is 2.53. The van der Waals surface area contributed by atoms with E-state index in [0.717, 1.165) is 27.6 Å². The Bertz CT molecular complexity index is 1630. The van der Waals surface area contributed by atoms with Gasteiger partial charge in [0.1, 0.15) is 6.61 Å². The third-order valence-electron chi connectivity index (χ3n) is 7.48. The van der Waals surface area contributed by atoms with Crippen LogP contribution in [0.3, 0.4) is 0 Å². The third kappa shape index (κ3) is 3.51. The number of hydrogen-bond acceptors (Lipinski definition) is 4. The number of aromatic nitrogens is 1. The molecule has 0 fully saturated rings. The van der Waals surface area contributed by atoms with E-state index in [4.69, 9.17) is 4.74 Å². The normalized spacial score (nSPS) is 20.4. The van der Waals surface area contributed by atoms with Crippen LogP contribution in [0.1, 0.15) is 40.3 Å². The summed E-state index contributed by atoms with van der Waals surface area (Å²) >= 11 is 0. The van der Waals surface area contributed by atoms with Crippen molar-refractivity contribution in [3.63, 3.8) is 0 Å². The molecule has 0 saturated carbocycles. The minimum atomic E-state index is -3.89. The van der Waals surface area contributed by atoms with Crippen molar-refractivity contribution in [1.29, 1.82) is 0 Å². The lowest BCUT2D eigenvalue weighted by Crippen LogP contribution is -2.36. The van der Waals surface area contributed by atoms with Gasteiger partial charge in [-0.15, -0.1) is 0 Å². The van der Waals surface area contributed by atoms with E-state index in [0.29, 0.717) is 17.6 Å². The Hall–Kier alpha value is -3.64. The summed E-state index contributed by atoms with van der Waals surface area (Å²) in [5, 5.41) is 0.925. The van der Waals surface area contributed by atoms with Gasteiger partial charge in [-0.3, -0.25) is 4.79 Å². The number of benzene rings is 3. The van der Waals surface area contributed by atoms with E-state index >= 15 is 0 Å². The van der Waals surface area contributed by atoms with Crippen molar-refractivity contribution in [3.05, 3.63) is 113 Å². The molecule has 3 aromatic carbocycles. The van der Waals surface area contributed by atoms with E-state index in [1.165, 1.54) is 3.97 Å². The Labute approximate surface area is 211 Å². The van der Waals surface area contributed by atoms with Crippen molar-refractivity contribution in [1.82, 2.24) is 3.97 Å². The molecule has 2 bridgehead atoms. The third-order valence-corrected chi connectivity index (χ3v) is 9.25. The summed E-state index contributed by atoms with van der Waals surface area (Å²) in [6, 6.07) is 22.5. The Kier molecular flexibility index (Phi) is 5.20. The quantitative estimate of drug-likeness (QED) is 0.257. The first-order valence-electron chi connectivity index (χ1n) is 12.2. The summed E-state index contributed by atoms with van der Waals surface area (Å²) in [5.74, 6) is -0.353. The summed E-state index contributed by atoms with van der Waals surface area (Å²) in [5.41, 5.74) is 4.35. The predicted octanol–water partition coefficient (Wildman–Crippen LogP) is 5.82. The maximum Gasteiger partial charge on any atom is 0.316 e. The van der Waals surface area contributed by atoms with Crippen LogP contribution in [0.25, 0.3) is 10.9 Å². The molecule has 2 atom stereocenters. The van der Waals surface area contributed by atoms with E-state index in [1.54, 1.807) is 12.1 Å². The average Bonchev–Trinajstić information content (AvgIpc) is 3.39. The van der Waals surface area contributed by atoms with Crippen LogP contribution < -0.4 is 0 Å². The number of carbonyl (C=O) groups is 1. The van der Waals surface area contributed by atoms with Gasteiger partial charge < -0.3 is 4.74 Å². The second kappa shape index (κ2) is 8.20. The number of ether oxygens (including phenoxy) is 1. The van der Waals surface area contributed by atoms with E-state index in [2.05, 4.69) is 6.08 Å². The maximum atomic E-state index is 14.0. The molecule has 5 nitrogen and oxygen atoms in total. The first-order valence-corrected chi connectivity index (χ1v) is 13.6. The Morgan fingerprint density at radius 2 is 1.72 bits per heavy atom. The van der Waals surface area contributed by atoms with Gasteiger partial charge in [-0.2, -0.15) is 0 Å². The van der Waals surface area contributed by atoms with Crippen LogP contribution in [0.15, 0.2) is 89.8 Å². The highest BCUT2D eigenvalue weighted by atomic mass is 32.2. The molecule has 1 aromatic heterocycles. The number of aryl methyl sites for hydroxylation is 2. The van der Waals surface area contributed by atoms with Crippen molar-refractivity contribution >= 4 is 26.9 Å². The smallest absolute Gasteiger partial charge is 0.316 e. The number of rotatable bonds is 5. The number of esters is 1. The summed E-state index contributed by atoms with van der Waals surface area (Å²) < 4.78 is 35.3. The summed E-state index contributed by atoms with van der Waals surface area (Å²) in [6.45, 7) is 4.08. The van der Waals surface area contributed by atoms with Gasteiger partial charge in [0, 0.05) is 23.4 Å². The summed E-state index contributed by atoms with van der Waals surface area (Å²) in [6.07, 6.45) is 4.86. The van der Waals surface area contributed by atoms with Crippen molar-refractivity contribution < 1.29 is 17.9 Å². The number of hydrogen-bond donors (Lipinski definition) is 0. The minimum Gasteiger partial charge on any atom is -0.460 e. The molecule has 6 heteroatoms. The minimum absolute atomic E-state index is 0.0438. The largest absolute Gasteiger partial charge is 0.460 e. The lowest BCUT2D eigenvalue weighted by atomic mass is 9.74. The van der Waals surface area contributed by atoms with Crippen molar-refractivity contribution in [2.24, 2.45) is 5.41 Å². The number of allylic oxidation sites excluding steroid dienone is 1. The lowest BCUT2D eigenvalue weighted by Gasteiger charge is -2.32. The molecule has 6 rings (SSSR count). The van der Waals surface area contributed by atoms with Crippen LogP contribution in [0.4, 0.5) is 0 Å². The van der Waals surface area contributed by atoms with Gasteiger partial charge in [-0.25, -0.2) is 12.4 Å². The van der Waals surface area contributed by atoms with Crippen molar-refractivity contribution in [3.8, 4) is 0 Å². The molecular formula is C30H27NO4S. The van der Waals surface area contributed by atoms with Crippen LogP contribution in [-0.2, 0) is 32.6 Å². The summed E-state index contributed by atoms with van der Waals surface area (Å²) in [4.78, 5) is 13.7. The van der Waals surface area contributed by atoms with Gasteiger partial charge in [0.15, 0.2) is 0 Å². The molecule has 2 aliphatic rings. The Balaban J connectivity index is 1.47. The molecule has 0 spiro atoms. The average molecular weight is 498 g/mol. The molecular weight excluding hydrogens is 470 g/mol. The van der Waals surface area contributed by atoms with E-state index < -0.39 is 15.4 Å². The second-order valence-electron chi connectivity index (χ2n) is 10.0. The van der Waals surface area contributed by atoms with Crippen LogP contribution in [0.2, 0.25) is 0 Å². The number of nitrogens with zero attached hydrogens (tertiary/aromatic N) is 1. The molecule has 0 amide bonds. The first kappa shape index (κ1) is 22.8. The molecule has 0 aliphatic heterocycles. The van der Waals surface area contributed by atoms with Gasteiger partial charge in [0.2, 0.25) is 0 Å². The van der Waals surface area contributed by atoms with Gasteiger partial charge in [-0.1, -0.05) is 72.3 Å². The fourth-order valence-electron chi connectivity index (χ4n) is 5.67. The fraction of sp³-hybridized carbons (Fsp3) is 0.233. The molecule has 0 saturated heterocycles. The van der Waals surface area contributed by atoms with Gasteiger partial charge in [0.25, 0.3) is 10.0 Å². The monoisotopic (exact) mass is 497 g/mol. The SMILES string of the molecule is Cc1ccc(S(=O)(=O)n2c3c(c4ccc(C)cc42)[C@@H]2C=C[C@](C(=O)OCc4ccccc4)(C3)C2)cc1. The zero-order chi connectivity index (χ0) is 25.1. The van der Waals surface area contributed by atoms with Crippen molar-refractivity contribution in [2.75, 3.05) is 0 Å². The summed E-state index contributed by atoms with van der Waals surface area (Å²) in [7, 11) is -3.89. The number of fused-ring (bicyclic) bond motifs is 6. The molecule has 2 aliphatic carbocycles. The van der Waals surface area contributed by atoms with Crippen molar-refractivity contribution in [2.45, 2.75) is 44.1 Å². The molecule has 1 heterocycles. The van der Waals surface area contributed by atoms with Crippen LogP contribution >= 0.6 is 0 Å². The first-order chi connectivity index (χ1) is 17.3. The molecule has 36 heavy (non-hydrogen) atoms. The van der Waals surface area contributed by atoms with E-state index in [1.807, 2.05) is 80.6 Å². The van der Waals surface area contributed by atoms with Gasteiger partial charge in [0.05, 0.1) is 15.8 Å². The van der Waals surface area contributed by atoms with Crippen LogP contribution in [0, 0.1) is 19.3 Å². The topological polar surface area (TPSA) is 65.4 Å². The predicted molar refractivity (Wildman–Crippen MR) is 139 cm³/mol. The van der Waals surface area contributed by atoms with Crippen LogP contribution in [-0.4, -0.2) is 18.4 Å².